The predicted molar refractivity (Wildman–Crippen MR) is 53.6 cm³/mol. The van der Waals surface area contributed by atoms with Gasteiger partial charge in [0.05, 0.1) is 13.2 Å². The lowest BCUT2D eigenvalue weighted by Crippen LogP contribution is -2.39. The van der Waals surface area contributed by atoms with Crippen LogP contribution in [0.3, 0.4) is 0 Å². The third-order valence-corrected chi connectivity index (χ3v) is 2.05. The molecule has 1 atom stereocenters. The Kier molecular flexibility index (Phi) is 7.37. The lowest BCUT2D eigenvalue weighted by molar-refractivity contribution is -0.132. The fourth-order valence-electron chi connectivity index (χ4n) is 1.10. The molecule has 0 aromatic rings. The average molecular weight is 204 g/mol. The molecule has 0 aliphatic rings. The Labute approximate surface area is 84.5 Å². The summed E-state index contributed by atoms with van der Waals surface area (Å²) >= 11 is 0. The fourth-order valence-corrected chi connectivity index (χ4v) is 1.10. The zero-order valence-corrected chi connectivity index (χ0v) is 8.65. The molecule has 0 aliphatic heterocycles. The van der Waals surface area contributed by atoms with Crippen molar-refractivity contribution in [3.63, 3.8) is 0 Å². The van der Waals surface area contributed by atoms with E-state index in [1.807, 2.05) is 6.92 Å². The average Bonchev–Trinajstić information content (AvgIpc) is 2.17. The van der Waals surface area contributed by atoms with Crippen LogP contribution in [-0.4, -0.2) is 53.4 Å². The Morgan fingerprint density at radius 3 is 2.21 bits per heavy atom. The Morgan fingerprint density at radius 1 is 1.36 bits per heavy atom. The Hall–Kier alpha value is -0.650. The van der Waals surface area contributed by atoms with Crippen molar-refractivity contribution >= 4 is 5.91 Å². The van der Waals surface area contributed by atoms with Gasteiger partial charge in [0, 0.05) is 25.6 Å². The van der Waals surface area contributed by atoms with Crippen molar-refractivity contribution in [3.05, 3.63) is 0 Å². The number of hydrogen-bond donors (Lipinski definition) is 3. The van der Waals surface area contributed by atoms with Crippen LogP contribution >= 0.6 is 0 Å². The summed E-state index contributed by atoms with van der Waals surface area (Å²) < 4.78 is 0. The molecule has 1 unspecified atom stereocenters. The summed E-state index contributed by atoms with van der Waals surface area (Å²) in [5.41, 5.74) is 5.63. The highest BCUT2D eigenvalue weighted by Gasteiger charge is 2.14. The van der Waals surface area contributed by atoms with E-state index in [9.17, 15) is 4.79 Å². The van der Waals surface area contributed by atoms with Crippen molar-refractivity contribution < 1.29 is 15.0 Å². The topological polar surface area (TPSA) is 86.8 Å². The summed E-state index contributed by atoms with van der Waals surface area (Å²) in [6.07, 6.45) is 1.02. The molecule has 0 rings (SSSR count). The third-order valence-electron chi connectivity index (χ3n) is 2.05. The minimum atomic E-state index is -0.137. The van der Waals surface area contributed by atoms with Gasteiger partial charge in [0.15, 0.2) is 0 Å². The second-order valence-corrected chi connectivity index (χ2v) is 3.20. The number of aliphatic hydroxyl groups excluding tert-OH is 2. The monoisotopic (exact) mass is 204 g/mol. The molecule has 0 saturated heterocycles. The molecule has 4 N–H and O–H groups in total. The van der Waals surface area contributed by atoms with Gasteiger partial charge in [-0.15, -0.1) is 0 Å². The van der Waals surface area contributed by atoms with E-state index in [1.54, 1.807) is 0 Å². The van der Waals surface area contributed by atoms with E-state index in [-0.39, 0.29) is 44.7 Å². The van der Waals surface area contributed by atoms with Gasteiger partial charge in [-0.05, 0) is 6.42 Å². The molecule has 0 aromatic carbocycles. The van der Waals surface area contributed by atoms with Crippen LogP contribution in [0, 0.1) is 0 Å². The molecular formula is C9H20N2O3. The molecule has 5 heteroatoms. The number of carbonyl (C=O) groups is 1. The maximum absolute atomic E-state index is 11.5. The standard InChI is InChI=1S/C9H20N2O3/c1-2-8(10)7-9(14)11(3-5-12)4-6-13/h8,12-13H,2-7,10H2,1H3. The Morgan fingerprint density at radius 2 is 1.86 bits per heavy atom. The lowest BCUT2D eigenvalue weighted by Gasteiger charge is -2.22. The lowest BCUT2D eigenvalue weighted by atomic mass is 10.1. The van der Waals surface area contributed by atoms with Crippen molar-refractivity contribution in [2.24, 2.45) is 5.73 Å². The van der Waals surface area contributed by atoms with Gasteiger partial charge >= 0.3 is 0 Å². The number of carbonyl (C=O) groups excluding carboxylic acids is 1. The van der Waals surface area contributed by atoms with Crippen LogP contribution in [-0.2, 0) is 4.79 Å². The first-order valence-electron chi connectivity index (χ1n) is 4.90. The highest BCUT2D eigenvalue weighted by atomic mass is 16.3. The van der Waals surface area contributed by atoms with Crippen LogP contribution in [0.5, 0.6) is 0 Å². The summed E-state index contributed by atoms with van der Waals surface area (Å²) in [5, 5.41) is 17.4. The van der Waals surface area contributed by atoms with Gasteiger partial charge in [-0.1, -0.05) is 6.92 Å². The normalized spacial score (nSPS) is 12.6. The molecule has 5 nitrogen and oxygen atoms in total. The van der Waals surface area contributed by atoms with Crippen molar-refractivity contribution in [1.82, 2.24) is 4.90 Å². The molecule has 0 aromatic heterocycles. The molecule has 0 aliphatic carbocycles. The predicted octanol–water partition coefficient (Wildman–Crippen LogP) is -1.07. The van der Waals surface area contributed by atoms with Gasteiger partial charge in [0.2, 0.25) is 5.91 Å². The quantitative estimate of drug-likeness (QED) is 0.492. The van der Waals surface area contributed by atoms with Gasteiger partial charge in [-0.3, -0.25) is 4.79 Å². The smallest absolute Gasteiger partial charge is 0.224 e. The molecule has 0 bridgehead atoms. The number of hydrogen-bond acceptors (Lipinski definition) is 4. The van der Waals surface area contributed by atoms with Crippen LogP contribution in [0.15, 0.2) is 0 Å². The molecule has 84 valence electrons. The number of rotatable bonds is 7. The number of aliphatic hydroxyl groups is 2. The van der Waals surface area contributed by atoms with Gasteiger partial charge in [-0.2, -0.15) is 0 Å². The first kappa shape index (κ1) is 13.4. The van der Waals surface area contributed by atoms with Crippen molar-refractivity contribution in [1.29, 1.82) is 0 Å². The first-order chi connectivity index (χ1) is 6.65. The van der Waals surface area contributed by atoms with E-state index >= 15 is 0 Å². The SMILES string of the molecule is CCC(N)CC(=O)N(CCO)CCO. The van der Waals surface area contributed by atoms with Gasteiger partial charge < -0.3 is 20.8 Å². The van der Waals surface area contributed by atoms with E-state index in [0.29, 0.717) is 0 Å². The summed E-state index contributed by atoms with van der Waals surface area (Å²) in [6.45, 7) is 2.26. The van der Waals surface area contributed by atoms with E-state index < -0.39 is 0 Å². The maximum atomic E-state index is 11.5. The largest absolute Gasteiger partial charge is 0.395 e. The molecule has 0 saturated carbocycles. The van der Waals surface area contributed by atoms with Crippen molar-refractivity contribution in [3.8, 4) is 0 Å². The zero-order chi connectivity index (χ0) is 11.0. The van der Waals surface area contributed by atoms with Crippen LogP contribution in [0.25, 0.3) is 0 Å². The summed E-state index contributed by atoms with van der Waals surface area (Å²) in [7, 11) is 0. The van der Waals surface area contributed by atoms with Crippen LogP contribution < -0.4 is 5.73 Å². The van der Waals surface area contributed by atoms with E-state index in [0.717, 1.165) is 6.42 Å². The van der Waals surface area contributed by atoms with E-state index in [4.69, 9.17) is 15.9 Å². The second kappa shape index (κ2) is 7.73. The third kappa shape index (κ3) is 5.16. The van der Waals surface area contributed by atoms with Gasteiger partial charge in [-0.25, -0.2) is 0 Å². The summed E-state index contributed by atoms with van der Waals surface area (Å²) in [5.74, 6) is -0.109. The molecule has 0 radical (unpaired) electrons. The van der Waals surface area contributed by atoms with E-state index in [2.05, 4.69) is 0 Å². The molecular weight excluding hydrogens is 184 g/mol. The van der Waals surface area contributed by atoms with E-state index in [1.165, 1.54) is 4.90 Å². The Bertz CT molecular complexity index is 158. The number of nitrogens with two attached hydrogens (primary N) is 1. The molecule has 0 spiro atoms. The highest BCUT2D eigenvalue weighted by Crippen LogP contribution is 1.99. The fraction of sp³-hybridized carbons (Fsp3) is 0.889. The summed E-state index contributed by atoms with van der Waals surface area (Å²) in [4.78, 5) is 12.9. The second-order valence-electron chi connectivity index (χ2n) is 3.20. The maximum Gasteiger partial charge on any atom is 0.224 e. The van der Waals surface area contributed by atoms with Crippen molar-refractivity contribution in [2.75, 3.05) is 26.3 Å². The zero-order valence-electron chi connectivity index (χ0n) is 8.65. The Balaban J connectivity index is 4.00. The first-order valence-corrected chi connectivity index (χ1v) is 4.90. The number of amides is 1. The minimum Gasteiger partial charge on any atom is -0.395 e. The van der Waals surface area contributed by atoms with Crippen LogP contribution in [0.4, 0.5) is 0 Å². The van der Waals surface area contributed by atoms with Crippen LogP contribution in [0.2, 0.25) is 0 Å². The molecule has 0 heterocycles. The minimum absolute atomic E-state index is 0.0902. The molecule has 14 heavy (non-hydrogen) atoms. The molecule has 1 amide bonds. The van der Waals surface area contributed by atoms with Gasteiger partial charge in [0.25, 0.3) is 0 Å². The molecule has 0 fully saturated rings. The van der Waals surface area contributed by atoms with Gasteiger partial charge in [0.1, 0.15) is 0 Å². The highest BCUT2D eigenvalue weighted by molar-refractivity contribution is 5.76. The summed E-state index contributed by atoms with van der Waals surface area (Å²) in [6, 6.07) is -0.137. The number of nitrogens with zero attached hydrogens (tertiary/aromatic N) is 1. The van der Waals surface area contributed by atoms with Crippen LogP contribution in [0.1, 0.15) is 19.8 Å². The van der Waals surface area contributed by atoms with Crippen molar-refractivity contribution in [2.45, 2.75) is 25.8 Å².